The molecule has 160 valence electrons. The third kappa shape index (κ3) is 3.99. The Kier molecular flexibility index (Phi) is 5.81. The maximum atomic E-state index is 12.7. The van der Waals surface area contributed by atoms with Crippen LogP contribution in [-0.2, 0) is 23.7 Å². The Bertz CT molecular complexity index is 730. The summed E-state index contributed by atoms with van der Waals surface area (Å²) in [5, 5.41) is 16.8. The summed E-state index contributed by atoms with van der Waals surface area (Å²) in [6.07, 6.45) is 2.49. The third-order valence-electron chi connectivity index (χ3n) is 4.95. The van der Waals surface area contributed by atoms with Crippen molar-refractivity contribution in [3.8, 4) is 0 Å². The lowest BCUT2D eigenvalue weighted by Gasteiger charge is -2.33. The minimum Gasteiger partial charge on any atom is -0.368 e. The smallest absolute Gasteiger partial charge is 0.325 e. The van der Waals surface area contributed by atoms with E-state index >= 15 is 0 Å². The van der Waals surface area contributed by atoms with Crippen molar-refractivity contribution in [3.05, 3.63) is 24.9 Å². The van der Waals surface area contributed by atoms with Crippen molar-refractivity contribution in [3.63, 3.8) is 0 Å². The molecule has 0 aliphatic carbocycles. The van der Waals surface area contributed by atoms with Gasteiger partial charge in [0.2, 0.25) is 0 Å². The van der Waals surface area contributed by atoms with E-state index in [1.807, 2.05) is 13.8 Å². The largest absolute Gasteiger partial charge is 0.368 e. The van der Waals surface area contributed by atoms with E-state index in [1.54, 1.807) is 12.3 Å². The number of nitrogens with zero attached hydrogens (tertiary/aromatic N) is 4. The van der Waals surface area contributed by atoms with Crippen LogP contribution >= 0.6 is 0 Å². The highest BCUT2D eigenvalue weighted by molar-refractivity contribution is 5.77. The molecule has 12 heteroatoms. The van der Waals surface area contributed by atoms with Crippen LogP contribution in [0.25, 0.3) is 0 Å². The number of nitrogens with one attached hydrogen (secondary N) is 1. The number of fused-ring (bicyclic) bond motifs is 1. The molecule has 4 rings (SSSR count). The van der Waals surface area contributed by atoms with Gasteiger partial charge in [0.1, 0.15) is 37.1 Å². The van der Waals surface area contributed by atoms with Crippen molar-refractivity contribution in [1.82, 2.24) is 25.0 Å². The first-order chi connectivity index (χ1) is 14.0. The van der Waals surface area contributed by atoms with E-state index in [-0.39, 0.29) is 18.6 Å². The average Bonchev–Trinajstić information content (AvgIpc) is 3.43. The Labute approximate surface area is 167 Å². The van der Waals surface area contributed by atoms with Crippen LogP contribution in [0.4, 0.5) is 4.79 Å². The number of aliphatic hydroxyl groups excluding tert-OH is 1. The molecule has 2 fully saturated rings. The predicted molar refractivity (Wildman–Crippen MR) is 94.6 cm³/mol. The minimum absolute atomic E-state index is 0.0695. The van der Waals surface area contributed by atoms with Gasteiger partial charge in [0, 0.05) is 19.2 Å². The number of carbonyl (C=O) groups is 1. The van der Waals surface area contributed by atoms with E-state index in [2.05, 4.69) is 15.4 Å². The van der Waals surface area contributed by atoms with Gasteiger partial charge in [-0.05, 0) is 6.08 Å². The van der Waals surface area contributed by atoms with Gasteiger partial charge in [0.05, 0.1) is 6.61 Å². The zero-order valence-corrected chi connectivity index (χ0v) is 16.3. The molecule has 0 saturated carbocycles. The van der Waals surface area contributed by atoms with Crippen molar-refractivity contribution in [2.45, 2.75) is 57.3 Å². The van der Waals surface area contributed by atoms with Gasteiger partial charge in [0.25, 0.3) is 6.48 Å². The standard InChI is InChI=1S/C17H25N5O7/c1-9(2)15(23)26-6-10-12-13(29-17(25-3)28-12)14(27-10)21-5-4-11(20-16(21)24)22-8-18-7-19-22/h4-5,7-15,17,23H,6H2,1-3H3,(H,20,24)/t10-,11?,12-,13-,14-,15?,17?/m1/s1. The fraction of sp³-hybridized carbons (Fsp3) is 0.706. The number of methoxy groups -OCH3 is 1. The molecule has 2 saturated heterocycles. The monoisotopic (exact) mass is 411 g/mol. The van der Waals surface area contributed by atoms with E-state index in [4.69, 9.17) is 23.7 Å². The number of hydrogen-bond donors (Lipinski definition) is 2. The normalized spacial score (nSPS) is 35.2. The molecule has 0 radical (unpaired) electrons. The lowest BCUT2D eigenvalue weighted by atomic mass is 10.1. The van der Waals surface area contributed by atoms with E-state index < -0.39 is 43.5 Å². The van der Waals surface area contributed by atoms with Crippen LogP contribution in [0.15, 0.2) is 24.9 Å². The number of ether oxygens (including phenoxy) is 5. The number of rotatable bonds is 7. The van der Waals surface area contributed by atoms with Crippen molar-refractivity contribution in [2.24, 2.45) is 5.92 Å². The van der Waals surface area contributed by atoms with Crippen molar-refractivity contribution in [1.29, 1.82) is 0 Å². The summed E-state index contributed by atoms with van der Waals surface area (Å²) < 4.78 is 29.7. The lowest BCUT2D eigenvalue weighted by molar-refractivity contribution is -0.261. The van der Waals surface area contributed by atoms with Crippen LogP contribution in [-0.4, -0.2) is 81.8 Å². The summed E-state index contributed by atoms with van der Waals surface area (Å²) in [4.78, 5) is 18.0. The molecule has 3 unspecified atom stereocenters. The Balaban J connectivity index is 1.48. The van der Waals surface area contributed by atoms with Gasteiger partial charge in [-0.25, -0.2) is 14.5 Å². The first-order valence-corrected chi connectivity index (χ1v) is 9.38. The zero-order valence-electron chi connectivity index (χ0n) is 16.3. The van der Waals surface area contributed by atoms with Crippen LogP contribution in [0.3, 0.4) is 0 Å². The highest BCUT2D eigenvalue weighted by Crippen LogP contribution is 2.36. The molecule has 0 aromatic carbocycles. The fourth-order valence-corrected chi connectivity index (χ4v) is 3.37. The van der Waals surface area contributed by atoms with Gasteiger partial charge in [-0.3, -0.25) is 4.90 Å². The molecule has 0 bridgehead atoms. The van der Waals surface area contributed by atoms with Crippen molar-refractivity contribution >= 4 is 6.03 Å². The van der Waals surface area contributed by atoms with E-state index in [1.165, 1.54) is 29.3 Å². The molecule has 4 heterocycles. The summed E-state index contributed by atoms with van der Waals surface area (Å²) in [7, 11) is 1.46. The highest BCUT2D eigenvalue weighted by Gasteiger charge is 2.56. The van der Waals surface area contributed by atoms with Crippen LogP contribution in [0.1, 0.15) is 20.0 Å². The lowest BCUT2D eigenvalue weighted by Crippen LogP contribution is -2.51. The van der Waals surface area contributed by atoms with Gasteiger partial charge in [-0.2, -0.15) is 5.10 Å². The van der Waals surface area contributed by atoms with Crippen LogP contribution in [0.5, 0.6) is 0 Å². The Morgan fingerprint density at radius 2 is 2.10 bits per heavy atom. The second-order valence-corrected chi connectivity index (χ2v) is 7.28. The first-order valence-electron chi connectivity index (χ1n) is 9.38. The Morgan fingerprint density at radius 1 is 1.31 bits per heavy atom. The van der Waals surface area contributed by atoms with Crippen molar-refractivity contribution < 1.29 is 33.6 Å². The molecular weight excluding hydrogens is 386 g/mol. The highest BCUT2D eigenvalue weighted by atomic mass is 16.9. The maximum absolute atomic E-state index is 12.7. The number of amides is 2. The molecule has 2 N–H and O–H groups in total. The van der Waals surface area contributed by atoms with Gasteiger partial charge < -0.3 is 34.1 Å². The molecule has 2 amide bonds. The summed E-state index contributed by atoms with van der Waals surface area (Å²) in [5.74, 6) is -0.0695. The minimum atomic E-state index is -0.932. The predicted octanol–water partition coefficient (Wildman–Crippen LogP) is -0.254. The van der Waals surface area contributed by atoms with Gasteiger partial charge in [-0.15, -0.1) is 0 Å². The van der Waals surface area contributed by atoms with Gasteiger partial charge in [0.15, 0.2) is 12.5 Å². The first kappa shape index (κ1) is 20.2. The second-order valence-electron chi connectivity index (χ2n) is 7.28. The summed E-state index contributed by atoms with van der Waals surface area (Å²) in [6, 6.07) is -0.384. The quantitative estimate of drug-likeness (QED) is 0.583. The van der Waals surface area contributed by atoms with Crippen LogP contribution in [0, 0.1) is 5.92 Å². The van der Waals surface area contributed by atoms with E-state index in [9.17, 15) is 9.90 Å². The number of hydrogen-bond acceptors (Lipinski definition) is 9. The number of carbonyl (C=O) groups excluding carboxylic acids is 1. The number of aliphatic hydroxyl groups is 1. The van der Waals surface area contributed by atoms with Crippen LogP contribution < -0.4 is 5.32 Å². The molecule has 3 aliphatic heterocycles. The number of aromatic nitrogens is 3. The summed E-state index contributed by atoms with van der Waals surface area (Å²) >= 11 is 0. The molecule has 1 aromatic heterocycles. The molecule has 12 nitrogen and oxygen atoms in total. The molecular formula is C17H25N5O7. The molecule has 7 atom stereocenters. The molecule has 3 aliphatic rings. The Morgan fingerprint density at radius 3 is 2.76 bits per heavy atom. The molecule has 0 spiro atoms. The zero-order chi connectivity index (χ0) is 20.5. The summed E-state index contributed by atoms with van der Waals surface area (Å²) in [5.41, 5.74) is 0. The van der Waals surface area contributed by atoms with Crippen molar-refractivity contribution in [2.75, 3.05) is 13.7 Å². The number of urea groups is 1. The van der Waals surface area contributed by atoms with E-state index in [0.717, 1.165) is 0 Å². The Hall–Kier alpha value is -2.09. The third-order valence-corrected chi connectivity index (χ3v) is 4.95. The average molecular weight is 411 g/mol. The molecule has 1 aromatic rings. The van der Waals surface area contributed by atoms with Gasteiger partial charge in [-0.1, -0.05) is 13.8 Å². The van der Waals surface area contributed by atoms with E-state index in [0.29, 0.717) is 0 Å². The van der Waals surface area contributed by atoms with Gasteiger partial charge >= 0.3 is 6.03 Å². The maximum Gasteiger partial charge on any atom is 0.325 e. The SMILES string of the molecule is COC1O[C@@H]2[C@H](O1)[C@@H](COC(O)C(C)C)O[C@H]2N1C=CC(n2cncn2)NC1=O. The topological polar surface area (TPSA) is 129 Å². The molecule has 29 heavy (non-hydrogen) atoms. The summed E-state index contributed by atoms with van der Waals surface area (Å²) in [6.45, 7) is 2.90. The van der Waals surface area contributed by atoms with Crippen LogP contribution in [0.2, 0.25) is 0 Å². The second kappa shape index (κ2) is 8.34. The fourth-order valence-electron chi connectivity index (χ4n) is 3.37.